The van der Waals surface area contributed by atoms with Gasteiger partial charge in [-0.15, -0.1) is 0 Å². The molecule has 0 saturated heterocycles. The lowest BCUT2D eigenvalue weighted by atomic mass is 9.97. The fraction of sp³-hybridized carbons (Fsp3) is 0.333. The highest BCUT2D eigenvalue weighted by Crippen LogP contribution is 2.21. The standard InChI is InChI=1S/C12H13BrN2O/c1-2-15-12(16)7-10(8-14)9-3-5-11(13)6-4-9/h3-6,10H,2,7H2,1H3,(H,15,16). The lowest BCUT2D eigenvalue weighted by Gasteiger charge is -2.09. The first-order valence-corrected chi connectivity index (χ1v) is 5.88. The van der Waals surface area contributed by atoms with Crippen molar-refractivity contribution in [1.29, 1.82) is 5.26 Å². The Morgan fingerprint density at radius 1 is 1.50 bits per heavy atom. The van der Waals surface area contributed by atoms with Crippen molar-refractivity contribution in [3.05, 3.63) is 34.3 Å². The molecule has 84 valence electrons. The lowest BCUT2D eigenvalue weighted by Crippen LogP contribution is -2.24. The van der Waals surface area contributed by atoms with E-state index in [2.05, 4.69) is 27.3 Å². The molecule has 0 heterocycles. The molecule has 0 bridgehead atoms. The van der Waals surface area contributed by atoms with Crippen LogP contribution in [0.4, 0.5) is 0 Å². The van der Waals surface area contributed by atoms with E-state index in [0.717, 1.165) is 10.0 Å². The summed E-state index contributed by atoms with van der Waals surface area (Å²) in [4.78, 5) is 11.4. The van der Waals surface area contributed by atoms with Crippen LogP contribution in [0.15, 0.2) is 28.7 Å². The topological polar surface area (TPSA) is 52.9 Å². The van der Waals surface area contributed by atoms with E-state index in [0.29, 0.717) is 6.54 Å². The Hall–Kier alpha value is -1.34. The highest BCUT2D eigenvalue weighted by molar-refractivity contribution is 9.10. The van der Waals surface area contributed by atoms with Crippen molar-refractivity contribution >= 4 is 21.8 Å². The predicted molar refractivity (Wildman–Crippen MR) is 65.8 cm³/mol. The van der Waals surface area contributed by atoms with E-state index in [9.17, 15) is 4.79 Å². The normalized spacial score (nSPS) is 11.6. The minimum Gasteiger partial charge on any atom is -0.356 e. The van der Waals surface area contributed by atoms with Crippen molar-refractivity contribution in [2.75, 3.05) is 6.54 Å². The molecule has 4 heteroatoms. The third kappa shape index (κ3) is 3.67. The van der Waals surface area contributed by atoms with Crippen LogP contribution in [0.2, 0.25) is 0 Å². The van der Waals surface area contributed by atoms with Crippen molar-refractivity contribution in [2.45, 2.75) is 19.3 Å². The van der Waals surface area contributed by atoms with Gasteiger partial charge in [-0.25, -0.2) is 0 Å². The van der Waals surface area contributed by atoms with Gasteiger partial charge in [-0.3, -0.25) is 4.79 Å². The summed E-state index contributed by atoms with van der Waals surface area (Å²) in [5.74, 6) is -0.461. The van der Waals surface area contributed by atoms with Gasteiger partial charge in [0.15, 0.2) is 0 Å². The predicted octanol–water partition coefficient (Wildman–Crippen LogP) is 2.58. The molecule has 0 spiro atoms. The third-order valence-corrected chi connectivity index (χ3v) is 2.72. The van der Waals surface area contributed by atoms with Crippen molar-refractivity contribution in [2.24, 2.45) is 0 Å². The lowest BCUT2D eigenvalue weighted by molar-refractivity contribution is -0.121. The molecule has 1 unspecified atom stereocenters. The zero-order valence-electron chi connectivity index (χ0n) is 9.03. The van der Waals surface area contributed by atoms with Gasteiger partial charge in [0.2, 0.25) is 5.91 Å². The van der Waals surface area contributed by atoms with Crippen molar-refractivity contribution in [3.63, 3.8) is 0 Å². The van der Waals surface area contributed by atoms with Gasteiger partial charge in [0.05, 0.1) is 12.0 Å². The van der Waals surface area contributed by atoms with Gasteiger partial charge >= 0.3 is 0 Å². The van der Waals surface area contributed by atoms with Crippen LogP contribution in [0, 0.1) is 11.3 Å². The van der Waals surface area contributed by atoms with Crippen LogP contribution < -0.4 is 5.32 Å². The van der Waals surface area contributed by atoms with E-state index in [4.69, 9.17) is 5.26 Å². The Morgan fingerprint density at radius 2 is 2.12 bits per heavy atom. The van der Waals surface area contributed by atoms with E-state index < -0.39 is 0 Å². The van der Waals surface area contributed by atoms with E-state index in [1.54, 1.807) is 0 Å². The fourth-order valence-electron chi connectivity index (χ4n) is 1.39. The number of nitrogens with one attached hydrogen (secondary N) is 1. The van der Waals surface area contributed by atoms with Gasteiger partial charge in [0.25, 0.3) is 0 Å². The van der Waals surface area contributed by atoms with Crippen molar-refractivity contribution < 1.29 is 4.79 Å². The highest BCUT2D eigenvalue weighted by Gasteiger charge is 2.14. The number of hydrogen-bond donors (Lipinski definition) is 1. The molecule has 0 fully saturated rings. The number of nitriles is 1. The smallest absolute Gasteiger partial charge is 0.221 e. The monoisotopic (exact) mass is 280 g/mol. The molecule has 0 radical (unpaired) electrons. The number of carbonyl (C=O) groups excluding carboxylic acids is 1. The molecule has 1 atom stereocenters. The number of rotatable bonds is 4. The Morgan fingerprint density at radius 3 is 2.62 bits per heavy atom. The second kappa shape index (κ2) is 6.29. The Kier molecular flexibility index (Phi) is 5.00. The molecule has 1 rings (SSSR count). The van der Waals surface area contributed by atoms with Crippen LogP contribution in [0.1, 0.15) is 24.8 Å². The number of amides is 1. The molecule has 0 aromatic heterocycles. The summed E-state index contributed by atoms with van der Waals surface area (Å²) in [6.45, 7) is 2.45. The second-order valence-electron chi connectivity index (χ2n) is 3.39. The summed E-state index contributed by atoms with van der Waals surface area (Å²) >= 11 is 3.33. The molecule has 1 aromatic carbocycles. The van der Waals surface area contributed by atoms with Gasteiger partial charge in [0, 0.05) is 17.4 Å². The van der Waals surface area contributed by atoms with Gasteiger partial charge in [0.1, 0.15) is 0 Å². The summed E-state index contributed by atoms with van der Waals surface area (Å²) in [6.07, 6.45) is 0.214. The van der Waals surface area contributed by atoms with Crippen LogP contribution in [-0.2, 0) is 4.79 Å². The molecular formula is C12H13BrN2O. The van der Waals surface area contributed by atoms with Gasteiger partial charge in [-0.1, -0.05) is 28.1 Å². The summed E-state index contributed by atoms with van der Waals surface area (Å²) < 4.78 is 0.964. The van der Waals surface area contributed by atoms with Crippen LogP contribution in [0.5, 0.6) is 0 Å². The summed E-state index contributed by atoms with van der Waals surface area (Å²) in [5, 5.41) is 11.7. The summed E-state index contributed by atoms with van der Waals surface area (Å²) in [5.41, 5.74) is 0.872. The first-order valence-electron chi connectivity index (χ1n) is 5.09. The zero-order chi connectivity index (χ0) is 12.0. The molecule has 0 aliphatic heterocycles. The second-order valence-corrected chi connectivity index (χ2v) is 4.31. The average molecular weight is 281 g/mol. The molecule has 16 heavy (non-hydrogen) atoms. The third-order valence-electron chi connectivity index (χ3n) is 2.19. The number of hydrogen-bond acceptors (Lipinski definition) is 2. The molecule has 0 saturated carbocycles. The average Bonchev–Trinajstić information content (AvgIpc) is 2.27. The van der Waals surface area contributed by atoms with Gasteiger partial charge in [-0.2, -0.15) is 5.26 Å². The summed E-state index contributed by atoms with van der Waals surface area (Å²) in [7, 11) is 0. The van der Waals surface area contributed by atoms with Crippen LogP contribution in [0.25, 0.3) is 0 Å². The molecule has 1 amide bonds. The largest absolute Gasteiger partial charge is 0.356 e. The van der Waals surface area contributed by atoms with Crippen molar-refractivity contribution in [1.82, 2.24) is 5.32 Å². The zero-order valence-corrected chi connectivity index (χ0v) is 10.6. The molecule has 3 nitrogen and oxygen atoms in total. The number of halogens is 1. The minimum atomic E-state index is -0.375. The van der Waals surface area contributed by atoms with Gasteiger partial charge < -0.3 is 5.32 Å². The van der Waals surface area contributed by atoms with Crippen LogP contribution in [-0.4, -0.2) is 12.5 Å². The van der Waals surface area contributed by atoms with Crippen LogP contribution >= 0.6 is 15.9 Å². The van der Waals surface area contributed by atoms with Crippen molar-refractivity contribution in [3.8, 4) is 6.07 Å². The van der Waals surface area contributed by atoms with E-state index >= 15 is 0 Å². The Bertz CT molecular complexity index is 394. The minimum absolute atomic E-state index is 0.0861. The number of carbonyl (C=O) groups is 1. The van der Waals surface area contributed by atoms with Gasteiger partial charge in [-0.05, 0) is 24.6 Å². The molecule has 1 aromatic rings. The number of nitrogens with zero attached hydrogens (tertiary/aromatic N) is 1. The fourth-order valence-corrected chi connectivity index (χ4v) is 1.65. The molecule has 0 aliphatic rings. The maximum Gasteiger partial charge on any atom is 0.221 e. The molecule has 1 N–H and O–H groups in total. The maximum atomic E-state index is 11.4. The van der Waals surface area contributed by atoms with E-state index in [-0.39, 0.29) is 18.2 Å². The molecule has 0 aliphatic carbocycles. The highest BCUT2D eigenvalue weighted by atomic mass is 79.9. The molecular weight excluding hydrogens is 268 g/mol. The quantitative estimate of drug-likeness (QED) is 0.922. The van der Waals surface area contributed by atoms with E-state index in [1.807, 2.05) is 31.2 Å². The Balaban J connectivity index is 2.72. The SMILES string of the molecule is CCNC(=O)CC(C#N)c1ccc(Br)cc1. The maximum absolute atomic E-state index is 11.4. The number of benzene rings is 1. The Labute approximate surface area is 104 Å². The first-order chi connectivity index (χ1) is 7.67. The first kappa shape index (κ1) is 12.7. The van der Waals surface area contributed by atoms with Crippen LogP contribution in [0.3, 0.4) is 0 Å². The van der Waals surface area contributed by atoms with E-state index in [1.165, 1.54) is 0 Å². The summed E-state index contributed by atoms with van der Waals surface area (Å²) in [6, 6.07) is 9.61.